The van der Waals surface area contributed by atoms with Gasteiger partial charge in [-0.25, -0.2) is 0 Å². The average molecular weight is 273 g/mol. The van der Waals surface area contributed by atoms with Crippen LogP contribution < -0.4 is 19.9 Å². The van der Waals surface area contributed by atoms with Gasteiger partial charge in [-0.05, 0) is 26.0 Å². The zero-order chi connectivity index (χ0) is 14.4. The van der Waals surface area contributed by atoms with Gasteiger partial charge in [0.2, 0.25) is 0 Å². The highest BCUT2D eigenvalue weighted by Crippen LogP contribution is 2.34. The van der Waals surface area contributed by atoms with Gasteiger partial charge >= 0.3 is 0 Å². The Bertz CT molecular complexity index is 569. The SMILES string of the molecule is CCOc1cc(N)cc(Oc2ccccc2OCC)c1. The van der Waals surface area contributed by atoms with Crippen LogP contribution in [0.15, 0.2) is 42.5 Å². The quantitative estimate of drug-likeness (QED) is 0.812. The van der Waals surface area contributed by atoms with Crippen molar-refractivity contribution in [3.63, 3.8) is 0 Å². The Kier molecular flexibility index (Phi) is 4.71. The summed E-state index contributed by atoms with van der Waals surface area (Å²) in [6.07, 6.45) is 0. The molecule has 0 aromatic heterocycles. The summed E-state index contributed by atoms with van der Waals surface area (Å²) in [5.41, 5.74) is 6.45. The molecule has 0 aliphatic rings. The molecular weight excluding hydrogens is 254 g/mol. The predicted octanol–water partition coefficient (Wildman–Crippen LogP) is 3.86. The van der Waals surface area contributed by atoms with Crippen LogP contribution in [0.5, 0.6) is 23.0 Å². The second-order valence-electron chi connectivity index (χ2n) is 4.15. The third-order valence-corrected chi connectivity index (χ3v) is 2.59. The number of nitrogens with two attached hydrogens (primary N) is 1. The van der Waals surface area contributed by atoms with Crippen molar-refractivity contribution in [1.29, 1.82) is 0 Å². The number of ether oxygens (including phenoxy) is 3. The highest BCUT2D eigenvalue weighted by Gasteiger charge is 2.07. The molecule has 0 saturated heterocycles. The molecule has 0 atom stereocenters. The van der Waals surface area contributed by atoms with Gasteiger partial charge in [-0.1, -0.05) is 12.1 Å². The van der Waals surface area contributed by atoms with E-state index in [0.717, 1.165) is 0 Å². The lowest BCUT2D eigenvalue weighted by Gasteiger charge is -2.13. The van der Waals surface area contributed by atoms with Crippen molar-refractivity contribution in [2.45, 2.75) is 13.8 Å². The molecule has 2 N–H and O–H groups in total. The first kappa shape index (κ1) is 14.1. The van der Waals surface area contributed by atoms with E-state index in [1.165, 1.54) is 0 Å². The molecule has 106 valence electrons. The van der Waals surface area contributed by atoms with E-state index in [2.05, 4.69) is 0 Å². The van der Waals surface area contributed by atoms with Gasteiger partial charge in [0.05, 0.1) is 13.2 Å². The van der Waals surface area contributed by atoms with Crippen LogP contribution in [0.1, 0.15) is 13.8 Å². The fraction of sp³-hybridized carbons (Fsp3) is 0.250. The lowest BCUT2D eigenvalue weighted by Crippen LogP contribution is -1.97. The van der Waals surface area contributed by atoms with Crippen LogP contribution in [0.4, 0.5) is 5.69 Å². The van der Waals surface area contributed by atoms with E-state index >= 15 is 0 Å². The van der Waals surface area contributed by atoms with Gasteiger partial charge < -0.3 is 19.9 Å². The Morgan fingerprint density at radius 2 is 1.50 bits per heavy atom. The smallest absolute Gasteiger partial charge is 0.169 e. The number of hydrogen-bond acceptors (Lipinski definition) is 4. The van der Waals surface area contributed by atoms with Crippen LogP contribution in [0.2, 0.25) is 0 Å². The highest BCUT2D eigenvalue weighted by molar-refractivity contribution is 5.52. The number of anilines is 1. The molecule has 0 heterocycles. The van der Waals surface area contributed by atoms with Gasteiger partial charge in [-0.3, -0.25) is 0 Å². The second-order valence-corrected chi connectivity index (χ2v) is 4.15. The topological polar surface area (TPSA) is 53.7 Å². The molecule has 4 nitrogen and oxygen atoms in total. The van der Waals surface area contributed by atoms with Crippen molar-refractivity contribution in [3.8, 4) is 23.0 Å². The Hall–Kier alpha value is -2.36. The first-order valence-corrected chi connectivity index (χ1v) is 6.66. The molecule has 0 aliphatic carbocycles. The van der Waals surface area contributed by atoms with Gasteiger partial charge in [0.25, 0.3) is 0 Å². The molecule has 0 amide bonds. The molecule has 20 heavy (non-hydrogen) atoms. The summed E-state index contributed by atoms with van der Waals surface area (Å²) >= 11 is 0. The summed E-state index contributed by atoms with van der Waals surface area (Å²) in [5, 5.41) is 0. The summed E-state index contributed by atoms with van der Waals surface area (Å²) in [6.45, 7) is 5.03. The molecule has 4 heteroatoms. The molecule has 0 aliphatic heterocycles. The van der Waals surface area contributed by atoms with E-state index in [0.29, 0.717) is 41.9 Å². The summed E-state index contributed by atoms with van der Waals surface area (Å²) in [6, 6.07) is 12.9. The van der Waals surface area contributed by atoms with Gasteiger partial charge in [0, 0.05) is 23.9 Å². The van der Waals surface area contributed by atoms with Crippen molar-refractivity contribution in [1.82, 2.24) is 0 Å². The van der Waals surface area contributed by atoms with Crippen molar-refractivity contribution >= 4 is 5.69 Å². The highest BCUT2D eigenvalue weighted by atomic mass is 16.5. The summed E-state index contributed by atoms with van der Waals surface area (Å²) in [7, 11) is 0. The minimum absolute atomic E-state index is 0.582. The number of rotatable bonds is 6. The number of nitrogen functional groups attached to an aromatic ring is 1. The maximum Gasteiger partial charge on any atom is 0.169 e. The monoisotopic (exact) mass is 273 g/mol. The number of para-hydroxylation sites is 2. The first-order valence-electron chi connectivity index (χ1n) is 6.66. The van der Waals surface area contributed by atoms with Crippen LogP contribution in [-0.4, -0.2) is 13.2 Å². The average Bonchev–Trinajstić information content (AvgIpc) is 2.41. The minimum Gasteiger partial charge on any atom is -0.494 e. The molecule has 0 bridgehead atoms. The fourth-order valence-corrected chi connectivity index (χ4v) is 1.84. The van der Waals surface area contributed by atoms with Crippen molar-refractivity contribution in [2.75, 3.05) is 18.9 Å². The lowest BCUT2D eigenvalue weighted by molar-refractivity contribution is 0.319. The van der Waals surface area contributed by atoms with Crippen LogP contribution in [0.25, 0.3) is 0 Å². The van der Waals surface area contributed by atoms with Crippen LogP contribution >= 0.6 is 0 Å². The zero-order valence-electron chi connectivity index (χ0n) is 11.8. The summed E-state index contributed by atoms with van der Waals surface area (Å²) < 4.78 is 16.8. The third-order valence-electron chi connectivity index (χ3n) is 2.59. The van der Waals surface area contributed by atoms with Gasteiger partial charge in [-0.2, -0.15) is 0 Å². The van der Waals surface area contributed by atoms with E-state index in [1.807, 2.05) is 44.2 Å². The van der Waals surface area contributed by atoms with E-state index in [4.69, 9.17) is 19.9 Å². The standard InChI is InChI=1S/C16H19NO3/c1-3-18-13-9-12(17)10-14(11-13)20-16-8-6-5-7-15(16)19-4-2/h5-11H,3-4,17H2,1-2H3. The predicted molar refractivity (Wildman–Crippen MR) is 79.7 cm³/mol. The minimum atomic E-state index is 0.582. The molecule has 0 fully saturated rings. The Morgan fingerprint density at radius 1 is 0.850 bits per heavy atom. The van der Waals surface area contributed by atoms with E-state index in [1.54, 1.807) is 12.1 Å². The van der Waals surface area contributed by atoms with Crippen molar-refractivity contribution in [3.05, 3.63) is 42.5 Å². The second kappa shape index (κ2) is 6.70. The van der Waals surface area contributed by atoms with Crippen LogP contribution in [0.3, 0.4) is 0 Å². The van der Waals surface area contributed by atoms with E-state index in [9.17, 15) is 0 Å². The van der Waals surface area contributed by atoms with Gasteiger partial charge in [-0.15, -0.1) is 0 Å². The molecule has 0 unspecified atom stereocenters. The maximum atomic E-state index is 5.85. The van der Waals surface area contributed by atoms with Gasteiger partial charge in [0.1, 0.15) is 11.5 Å². The third kappa shape index (κ3) is 3.57. The van der Waals surface area contributed by atoms with Crippen molar-refractivity contribution < 1.29 is 14.2 Å². The molecule has 0 radical (unpaired) electrons. The van der Waals surface area contributed by atoms with Crippen LogP contribution in [-0.2, 0) is 0 Å². The molecule has 2 aromatic carbocycles. The largest absolute Gasteiger partial charge is 0.494 e. The first-order chi connectivity index (χ1) is 9.72. The van der Waals surface area contributed by atoms with Crippen molar-refractivity contribution in [2.24, 2.45) is 0 Å². The maximum absolute atomic E-state index is 5.85. The van der Waals surface area contributed by atoms with Crippen LogP contribution in [0, 0.1) is 0 Å². The normalized spacial score (nSPS) is 10.1. The Labute approximate surface area is 119 Å². The van der Waals surface area contributed by atoms with E-state index in [-0.39, 0.29) is 0 Å². The summed E-state index contributed by atoms with van der Waals surface area (Å²) in [5.74, 6) is 2.68. The molecule has 0 saturated carbocycles. The Balaban J connectivity index is 2.25. The number of hydrogen-bond donors (Lipinski definition) is 1. The molecule has 2 aromatic rings. The van der Waals surface area contributed by atoms with Gasteiger partial charge in [0.15, 0.2) is 11.5 Å². The molecule has 0 spiro atoms. The lowest BCUT2D eigenvalue weighted by atomic mass is 10.2. The number of benzene rings is 2. The zero-order valence-corrected chi connectivity index (χ0v) is 11.8. The summed E-state index contributed by atoms with van der Waals surface area (Å²) in [4.78, 5) is 0. The fourth-order valence-electron chi connectivity index (χ4n) is 1.84. The Morgan fingerprint density at radius 3 is 2.20 bits per heavy atom. The molecular formula is C16H19NO3. The van der Waals surface area contributed by atoms with E-state index < -0.39 is 0 Å². The molecule has 2 rings (SSSR count).